The molecule has 0 aromatic carbocycles. The third kappa shape index (κ3) is 1.30. The van der Waals surface area contributed by atoms with Crippen LogP contribution in [0.1, 0.15) is 25.7 Å². The van der Waals surface area contributed by atoms with Gasteiger partial charge in [-0.05, 0) is 19.9 Å². The summed E-state index contributed by atoms with van der Waals surface area (Å²) in [4.78, 5) is 1.71. The van der Waals surface area contributed by atoms with Gasteiger partial charge in [-0.15, -0.1) is 12.6 Å². The summed E-state index contributed by atoms with van der Waals surface area (Å²) in [6.45, 7) is 0. The highest BCUT2D eigenvalue weighted by molar-refractivity contribution is 7.81. The number of nitrogens with zero attached hydrogens (tertiary/aromatic N) is 1. The third-order valence-electron chi connectivity index (χ3n) is 3.11. The predicted molar refractivity (Wildman–Crippen MR) is 47.7 cm³/mol. The largest absolute Gasteiger partial charge is 0.380 e. The zero-order valence-electron chi connectivity index (χ0n) is 6.82. The molecule has 0 spiro atoms. The summed E-state index contributed by atoms with van der Waals surface area (Å²) in [7, 11) is 2.16. The molecular formula is C8H15NOS. The monoisotopic (exact) mass is 173 g/mol. The van der Waals surface area contributed by atoms with Crippen LogP contribution >= 0.6 is 12.6 Å². The van der Waals surface area contributed by atoms with Gasteiger partial charge >= 0.3 is 0 Å². The molecule has 64 valence electrons. The Hall–Kier alpha value is 0.270. The van der Waals surface area contributed by atoms with Crippen molar-refractivity contribution >= 4 is 12.6 Å². The summed E-state index contributed by atoms with van der Waals surface area (Å²) < 4.78 is 0. The van der Waals surface area contributed by atoms with Crippen LogP contribution in [0.4, 0.5) is 0 Å². The van der Waals surface area contributed by atoms with Crippen molar-refractivity contribution in [3.05, 3.63) is 0 Å². The summed E-state index contributed by atoms with van der Waals surface area (Å²) in [6.07, 6.45) is 4.15. The van der Waals surface area contributed by atoms with E-state index >= 15 is 0 Å². The van der Waals surface area contributed by atoms with Gasteiger partial charge in [-0.1, -0.05) is 0 Å². The van der Waals surface area contributed by atoms with Crippen LogP contribution in [0.5, 0.6) is 0 Å². The van der Waals surface area contributed by atoms with Crippen LogP contribution in [-0.2, 0) is 0 Å². The molecular weight excluding hydrogens is 158 g/mol. The number of hydrogen-bond donors (Lipinski definition) is 2. The first-order chi connectivity index (χ1) is 5.08. The molecule has 1 N–H and O–H groups in total. The van der Waals surface area contributed by atoms with Crippen molar-refractivity contribution in [2.75, 3.05) is 7.05 Å². The molecule has 11 heavy (non-hydrogen) atoms. The molecule has 0 aromatic heterocycles. The number of thiol groups is 1. The van der Waals surface area contributed by atoms with Gasteiger partial charge in [0, 0.05) is 24.9 Å². The molecule has 2 saturated heterocycles. The van der Waals surface area contributed by atoms with Gasteiger partial charge in [0.25, 0.3) is 0 Å². The first-order valence-electron chi connectivity index (χ1n) is 4.25. The smallest absolute Gasteiger partial charge is 0.110 e. The SMILES string of the molecule is CN1[C@@H]2CC[C@@H]1CC(O)(S)C2. The second-order valence-corrected chi connectivity index (χ2v) is 4.77. The molecule has 0 saturated carbocycles. The molecule has 2 fully saturated rings. The van der Waals surface area contributed by atoms with Crippen molar-refractivity contribution in [3.63, 3.8) is 0 Å². The van der Waals surface area contributed by atoms with E-state index in [1.54, 1.807) is 0 Å². The van der Waals surface area contributed by atoms with Crippen molar-refractivity contribution in [1.82, 2.24) is 4.90 Å². The zero-order chi connectivity index (χ0) is 8.06. The molecule has 0 radical (unpaired) electrons. The second kappa shape index (κ2) is 2.38. The van der Waals surface area contributed by atoms with Gasteiger partial charge in [-0.2, -0.15) is 0 Å². The lowest BCUT2D eigenvalue weighted by molar-refractivity contribution is 0.0264. The lowest BCUT2D eigenvalue weighted by atomic mass is 10.0. The van der Waals surface area contributed by atoms with E-state index in [4.69, 9.17) is 0 Å². The Bertz CT molecular complexity index is 155. The van der Waals surface area contributed by atoms with Gasteiger partial charge in [-0.3, -0.25) is 0 Å². The van der Waals surface area contributed by atoms with Crippen LogP contribution in [0, 0.1) is 0 Å². The molecule has 0 aliphatic carbocycles. The summed E-state index contributed by atoms with van der Waals surface area (Å²) in [5.41, 5.74) is 0. The van der Waals surface area contributed by atoms with Crippen LogP contribution in [0.2, 0.25) is 0 Å². The molecule has 0 amide bonds. The van der Waals surface area contributed by atoms with Crippen molar-refractivity contribution in [2.24, 2.45) is 0 Å². The molecule has 2 aliphatic heterocycles. The fourth-order valence-electron chi connectivity index (χ4n) is 2.42. The Labute approximate surface area is 73.0 Å². The van der Waals surface area contributed by atoms with Crippen molar-refractivity contribution in [2.45, 2.75) is 42.7 Å². The van der Waals surface area contributed by atoms with Crippen LogP contribution < -0.4 is 0 Å². The average molecular weight is 173 g/mol. The minimum absolute atomic E-state index is 0.580. The van der Waals surface area contributed by atoms with Gasteiger partial charge in [0.1, 0.15) is 4.93 Å². The highest BCUT2D eigenvalue weighted by Crippen LogP contribution is 2.41. The number of rotatable bonds is 0. The molecule has 2 rings (SSSR count). The number of fused-ring (bicyclic) bond motifs is 2. The van der Waals surface area contributed by atoms with Crippen molar-refractivity contribution in [1.29, 1.82) is 0 Å². The van der Waals surface area contributed by atoms with E-state index in [2.05, 4.69) is 24.6 Å². The quantitative estimate of drug-likeness (QED) is 0.419. The van der Waals surface area contributed by atoms with Crippen LogP contribution in [0.3, 0.4) is 0 Å². The molecule has 2 bridgehead atoms. The highest BCUT2D eigenvalue weighted by atomic mass is 32.1. The maximum atomic E-state index is 9.71. The highest BCUT2D eigenvalue weighted by Gasteiger charge is 2.43. The fourth-order valence-corrected chi connectivity index (χ4v) is 2.84. The fraction of sp³-hybridized carbons (Fsp3) is 1.00. The normalized spacial score (nSPS) is 51.5. The number of piperidine rings is 1. The van der Waals surface area contributed by atoms with E-state index in [0.717, 1.165) is 12.8 Å². The predicted octanol–water partition coefficient (Wildman–Crippen LogP) is 0.861. The molecule has 0 aromatic rings. The van der Waals surface area contributed by atoms with E-state index in [0.29, 0.717) is 12.1 Å². The Morgan fingerprint density at radius 2 is 1.82 bits per heavy atom. The minimum atomic E-state index is -0.682. The van der Waals surface area contributed by atoms with Crippen LogP contribution in [-0.4, -0.2) is 34.1 Å². The average Bonchev–Trinajstić information content (AvgIpc) is 2.19. The van der Waals surface area contributed by atoms with E-state index in [-0.39, 0.29) is 0 Å². The van der Waals surface area contributed by atoms with Crippen molar-refractivity contribution < 1.29 is 5.11 Å². The molecule has 2 atom stereocenters. The molecule has 3 heteroatoms. The Morgan fingerprint density at radius 1 is 1.36 bits per heavy atom. The summed E-state index contributed by atoms with van der Waals surface area (Å²) >= 11 is 4.25. The first-order valence-corrected chi connectivity index (χ1v) is 4.70. The van der Waals surface area contributed by atoms with Gasteiger partial charge in [0.05, 0.1) is 0 Å². The van der Waals surface area contributed by atoms with Crippen LogP contribution in [0.15, 0.2) is 0 Å². The summed E-state index contributed by atoms with van der Waals surface area (Å²) in [5, 5.41) is 9.71. The third-order valence-corrected chi connectivity index (χ3v) is 3.48. The summed E-state index contributed by atoms with van der Waals surface area (Å²) in [5.74, 6) is 0. The second-order valence-electron chi connectivity index (χ2n) is 3.94. The lowest BCUT2D eigenvalue weighted by Crippen LogP contribution is -2.46. The van der Waals surface area contributed by atoms with Gasteiger partial charge in [0.2, 0.25) is 0 Å². The Balaban J connectivity index is 2.14. The van der Waals surface area contributed by atoms with E-state index in [1.807, 2.05) is 0 Å². The molecule has 2 aliphatic rings. The van der Waals surface area contributed by atoms with Crippen LogP contribution in [0.25, 0.3) is 0 Å². The maximum absolute atomic E-state index is 9.71. The zero-order valence-corrected chi connectivity index (χ0v) is 7.72. The molecule has 2 nitrogen and oxygen atoms in total. The van der Waals surface area contributed by atoms with E-state index in [1.165, 1.54) is 12.8 Å². The standard InChI is InChI=1S/C8H15NOS/c1-9-6-2-3-7(9)5-8(10,11)4-6/h6-7,10-11H,2-5H2,1H3/t6-,7-/m1/s1. The number of hydrogen-bond acceptors (Lipinski definition) is 3. The van der Waals surface area contributed by atoms with Gasteiger partial charge in [-0.25, -0.2) is 0 Å². The molecule has 2 heterocycles. The molecule has 0 unspecified atom stereocenters. The van der Waals surface area contributed by atoms with Gasteiger partial charge in [0.15, 0.2) is 0 Å². The first kappa shape index (κ1) is 7.90. The Kier molecular flexibility index (Phi) is 1.71. The summed E-state index contributed by atoms with van der Waals surface area (Å²) in [6, 6.07) is 1.16. The minimum Gasteiger partial charge on any atom is -0.380 e. The van der Waals surface area contributed by atoms with E-state index < -0.39 is 4.93 Å². The van der Waals surface area contributed by atoms with E-state index in [9.17, 15) is 5.11 Å². The van der Waals surface area contributed by atoms with Gasteiger partial charge < -0.3 is 10.0 Å². The number of aliphatic hydroxyl groups is 1. The Morgan fingerprint density at radius 3 is 2.27 bits per heavy atom. The maximum Gasteiger partial charge on any atom is 0.110 e. The lowest BCUT2D eigenvalue weighted by Gasteiger charge is -2.39. The van der Waals surface area contributed by atoms with Crippen molar-refractivity contribution in [3.8, 4) is 0 Å². The topological polar surface area (TPSA) is 23.5 Å².